The lowest BCUT2D eigenvalue weighted by Crippen LogP contribution is -2.47. The van der Waals surface area contributed by atoms with Crippen molar-refractivity contribution >= 4 is 5.78 Å². The van der Waals surface area contributed by atoms with E-state index in [4.69, 9.17) is 4.74 Å². The fraction of sp³-hybridized carbons (Fsp3) is 0.409. The predicted molar refractivity (Wildman–Crippen MR) is 114 cm³/mol. The maximum atomic E-state index is 13.6. The Bertz CT molecular complexity index is 1050. The van der Waals surface area contributed by atoms with Gasteiger partial charge in [0.1, 0.15) is 17.9 Å². The molecular weight excluding hydrogens is 399 g/mol. The van der Waals surface area contributed by atoms with Crippen LogP contribution in [-0.4, -0.2) is 75.2 Å². The number of carbonyl (C=O) groups is 1. The maximum absolute atomic E-state index is 13.6. The first-order valence-corrected chi connectivity index (χ1v) is 10.3. The number of piperazine rings is 1. The number of benzene rings is 1. The highest BCUT2D eigenvalue weighted by atomic mass is 19.1. The van der Waals surface area contributed by atoms with Gasteiger partial charge >= 0.3 is 0 Å². The van der Waals surface area contributed by atoms with E-state index in [9.17, 15) is 9.18 Å². The van der Waals surface area contributed by atoms with E-state index in [0.29, 0.717) is 30.4 Å². The van der Waals surface area contributed by atoms with E-state index >= 15 is 0 Å². The number of aromatic amines is 1. The number of ketones is 1. The van der Waals surface area contributed by atoms with Crippen molar-refractivity contribution in [3.8, 4) is 11.7 Å². The number of hydrogen-bond donors (Lipinski definition) is 1. The van der Waals surface area contributed by atoms with Crippen molar-refractivity contribution in [2.24, 2.45) is 0 Å². The summed E-state index contributed by atoms with van der Waals surface area (Å²) in [4.78, 5) is 21.6. The summed E-state index contributed by atoms with van der Waals surface area (Å²) >= 11 is 0. The monoisotopic (exact) mass is 426 g/mol. The van der Waals surface area contributed by atoms with Gasteiger partial charge in [-0.25, -0.2) is 9.49 Å². The minimum Gasteiger partial charge on any atom is -0.496 e. The molecule has 0 spiro atoms. The number of aryl methyl sites for hydroxylation is 1. The second kappa shape index (κ2) is 8.99. The number of Topliss-reactive ketones (excluding diaryl/α,β-unsaturated/α-hetero) is 1. The first-order chi connectivity index (χ1) is 15.0. The smallest absolute Gasteiger partial charge is 0.229 e. The van der Waals surface area contributed by atoms with Crippen molar-refractivity contribution in [1.29, 1.82) is 0 Å². The lowest BCUT2D eigenvalue weighted by atomic mass is 10.1. The van der Waals surface area contributed by atoms with E-state index < -0.39 is 0 Å². The summed E-state index contributed by atoms with van der Waals surface area (Å²) in [6.07, 6.45) is 1.45. The Morgan fingerprint density at radius 1 is 1.16 bits per heavy atom. The molecule has 1 N–H and O–H groups in total. The van der Waals surface area contributed by atoms with E-state index in [1.54, 1.807) is 13.2 Å². The molecule has 0 saturated carbocycles. The third kappa shape index (κ3) is 4.52. The van der Waals surface area contributed by atoms with Gasteiger partial charge in [-0.2, -0.15) is 10.1 Å². The molecule has 9 heteroatoms. The van der Waals surface area contributed by atoms with Crippen molar-refractivity contribution in [3.05, 3.63) is 58.9 Å². The van der Waals surface area contributed by atoms with Crippen LogP contribution in [0.3, 0.4) is 0 Å². The minimum absolute atomic E-state index is 0.0964. The normalized spacial score (nSPS) is 15.4. The zero-order chi connectivity index (χ0) is 22.0. The van der Waals surface area contributed by atoms with E-state index in [1.807, 2.05) is 24.5 Å². The molecule has 2 aromatic heterocycles. The van der Waals surface area contributed by atoms with Crippen LogP contribution >= 0.6 is 0 Å². The van der Waals surface area contributed by atoms with Crippen molar-refractivity contribution in [3.63, 3.8) is 0 Å². The number of halogens is 1. The van der Waals surface area contributed by atoms with Crippen LogP contribution in [0.5, 0.6) is 5.75 Å². The standard InChI is InChI=1S/C22H27FN6O2/c1-15-10-19(16(2)29(15)22-24-14-25-26-22)20(30)13-28-8-6-27(7-9-28)12-17-11-18(23)4-5-21(17)31-3/h4-5,10-11,14H,6-9,12-13H2,1-3H3,(H,24,25,26). The highest BCUT2D eigenvalue weighted by Gasteiger charge is 2.23. The number of H-pyrrole nitrogens is 1. The minimum atomic E-state index is -0.261. The number of methoxy groups -OCH3 is 1. The molecule has 164 valence electrons. The van der Waals surface area contributed by atoms with Gasteiger partial charge in [0.2, 0.25) is 5.95 Å². The zero-order valence-electron chi connectivity index (χ0n) is 18.1. The topological polar surface area (TPSA) is 79.3 Å². The zero-order valence-corrected chi connectivity index (χ0v) is 18.1. The maximum Gasteiger partial charge on any atom is 0.229 e. The summed E-state index contributed by atoms with van der Waals surface area (Å²) in [5, 5.41) is 6.75. The Balaban J connectivity index is 1.36. The molecule has 1 saturated heterocycles. The van der Waals surface area contributed by atoms with Gasteiger partial charge in [-0.05, 0) is 38.1 Å². The number of ether oxygens (including phenoxy) is 1. The SMILES string of the molecule is COc1ccc(F)cc1CN1CCN(CC(=O)c2cc(C)n(-c3ncn[nH]3)c2C)CC1. The largest absolute Gasteiger partial charge is 0.496 e. The summed E-state index contributed by atoms with van der Waals surface area (Å²) in [6, 6.07) is 6.51. The second-order valence-electron chi connectivity index (χ2n) is 7.86. The van der Waals surface area contributed by atoms with E-state index in [-0.39, 0.29) is 11.6 Å². The van der Waals surface area contributed by atoms with Gasteiger partial charge in [0.05, 0.1) is 13.7 Å². The molecule has 1 fully saturated rings. The summed E-state index contributed by atoms with van der Waals surface area (Å²) in [6.45, 7) is 8.06. The molecule has 0 atom stereocenters. The van der Waals surface area contributed by atoms with E-state index in [1.165, 1.54) is 18.5 Å². The van der Waals surface area contributed by atoms with Crippen LogP contribution in [-0.2, 0) is 6.54 Å². The van der Waals surface area contributed by atoms with Crippen molar-refractivity contribution in [2.75, 3.05) is 39.8 Å². The number of rotatable bonds is 7. The number of carbonyl (C=O) groups excluding carboxylic acids is 1. The molecule has 4 rings (SSSR count). The van der Waals surface area contributed by atoms with Gasteiger partial charge in [-0.3, -0.25) is 19.2 Å². The third-order valence-corrected chi connectivity index (χ3v) is 5.81. The summed E-state index contributed by atoms with van der Waals surface area (Å²) < 4.78 is 20.9. The highest BCUT2D eigenvalue weighted by Crippen LogP contribution is 2.22. The van der Waals surface area contributed by atoms with Crippen LogP contribution in [0.2, 0.25) is 0 Å². The molecular formula is C22H27FN6O2. The summed E-state index contributed by atoms with van der Waals surface area (Å²) in [5.74, 6) is 1.14. The Labute approximate surface area is 180 Å². The number of nitrogens with zero attached hydrogens (tertiary/aromatic N) is 5. The molecule has 1 aromatic carbocycles. The second-order valence-corrected chi connectivity index (χ2v) is 7.86. The van der Waals surface area contributed by atoms with Gasteiger partial charge in [-0.15, -0.1) is 0 Å². The molecule has 8 nitrogen and oxygen atoms in total. The van der Waals surface area contributed by atoms with Crippen LogP contribution in [0.15, 0.2) is 30.6 Å². The van der Waals surface area contributed by atoms with Crippen molar-refractivity contribution in [1.82, 2.24) is 29.5 Å². The highest BCUT2D eigenvalue weighted by molar-refractivity contribution is 5.99. The molecule has 0 aliphatic carbocycles. The van der Waals surface area contributed by atoms with Gasteiger partial charge in [-0.1, -0.05) is 0 Å². The molecule has 3 heterocycles. The Kier molecular flexibility index (Phi) is 6.15. The molecule has 0 bridgehead atoms. The molecule has 31 heavy (non-hydrogen) atoms. The third-order valence-electron chi connectivity index (χ3n) is 5.81. The molecule has 1 aliphatic rings. The first kappa shape index (κ1) is 21.2. The first-order valence-electron chi connectivity index (χ1n) is 10.3. The van der Waals surface area contributed by atoms with Crippen LogP contribution in [0.4, 0.5) is 4.39 Å². The molecule has 0 radical (unpaired) electrons. The van der Waals surface area contributed by atoms with Gasteiger partial charge in [0, 0.05) is 55.2 Å². The Hall–Kier alpha value is -3.04. The quantitative estimate of drug-likeness (QED) is 0.585. The number of hydrogen-bond acceptors (Lipinski definition) is 6. The van der Waals surface area contributed by atoms with Crippen LogP contribution in [0, 0.1) is 19.7 Å². The molecule has 0 amide bonds. The van der Waals surface area contributed by atoms with Crippen molar-refractivity contribution < 1.29 is 13.9 Å². The van der Waals surface area contributed by atoms with Gasteiger partial charge in [0.15, 0.2) is 5.78 Å². The number of nitrogens with one attached hydrogen (secondary N) is 1. The Morgan fingerprint density at radius 2 is 1.90 bits per heavy atom. The lowest BCUT2D eigenvalue weighted by molar-refractivity contribution is 0.0842. The lowest BCUT2D eigenvalue weighted by Gasteiger charge is -2.34. The van der Waals surface area contributed by atoms with Crippen LogP contribution < -0.4 is 4.74 Å². The van der Waals surface area contributed by atoms with Crippen LogP contribution in [0.1, 0.15) is 27.3 Å². The molecule has 1 aliphatic heterocycles. The molecule has 3 aromatic rings. The fourth-order valence-electron chi connectivity index (χ4n) is 4.18. The van der Waals surface area contributed by atoms with E-state index in [0.717, 1.165) is 43.1 Å². The fourth-order valence-corrected chi connectivity index (χ4v) is 4.18. The van der Waals surface area contributed by atoms with Gasteiger partial charge in [0.25, 0.3) is 0 Å². The van der Waals surface area contributed by atoms with E-state index in [2.05, 4.69) is 25.0 Å². The Morgan fingerprint density at radius 3 is 2.58 bits per heavy atom. The number of aromatic nitrogens is 4. The molecule has 0 unspecified atom stereocenters. The summed E-state index contributed by atoms with van der Waals surface area (Å²) in [7, 11) is 1.60. The summed E-state index contributed by atoms with van der Waals surface area (Å²) in [5.41, 5.74) is 3.34. The average molecular weight is 426 g/mol. The van der Waals surface area contributed by atoms with Gasteiger partial charge < -0.3 is 4.74 Å². The van der Waals surface area contributed by atoms with Crippen molar-refractivity contribution in [2.45, 2.75) is 20.4 Å². The average Bonchev–Trinajstić information content (AvgIpc) is 3.37. The van der Waals surface area contributed by atoms with Crippen LogP contribution in [0.25, 0.3) is 5.95 Å². The predicted octanol–water partition coefficient (Wildman–Crippen LogP) is 2.36.